The van der Waals surface area contributed by atoms with Crippen LogP contribution in [-0.4, -0.2) is 40.8 Å². The van der Waals surface area contributed by atoms with Gasteiger partial charge in [-0.3, -0.25) is 4.79 Å². The van der Waals surface area contributed by atoms with Gasteiger partial charge in [-0.05, 0) is 23.7 Å². The van der Waals surface area contributed by atoms with Crippen molar-refractivity contribution in [3.05, 3.63) is 0 Å². The van der Waals surface area contributed by atoms with E-state index in [1.165, 1.54) is 12.8 Å². The largest absolute Gasteiger partial charge is 0.480 e. The Kier molecular flexibility index (Phi) is 9.74. The van der Waals surface area contributed by atoms with Crippen molar-refractivity contribution in [2.75, 3.05) is 17.8 Å². The summed E-state index contributed by atoms with van der Waals surface area (Å²) >= 11 is 0. The standard InChI is InChI=1S/C14H27NO3S/c1-5-7-9-19(4)10-8-12(14(17)18)15-13(16)11(3)6-2/h11-12H,5-10H2,1-4H3,(H-,15,16,17,18)/p+1/t11?,12-,19?/m1/s1. The maximum Gasteiger partial charge on any atom is 0.326 e. The van der Waals surface area contributed by atoms with Crippen molar-refractivity contribution in [1.82, 2.24) is 5.32 Å². The zero-order chi connectivity index (χ0) is 14.8. The smallest absolute Gasteiger partial charge is 0.326 e. The Labute approximate surface area is 119 Å². The summed E-state index contributed by atoms with van der Waals surface area (Å²) in [4.78, 5) is 22.9. The molecular formula is C14H28NO3S+. The second kappa shape index (κ2) is 10.1. The number of amides is 1. The van der Waals surface area contributed by atoms with Crippen molar-refractivity contribution in [2.45, 2.75) is 52.5 Å². The van der Waals surface area contributed by atoms with Crippen LogP contribution in [-0.2, 0) is 20.5 Å². The SMILES string of the molecule is CCCC[S+](C)CC[C@@H](NC(=O)C(C)CC)C(=O)O. The van der Waals surface area contributed by atoms with E-state index in [0.717, 1.165) is 17.9 Å². The van der Waals surface area contributed by atoms with Crippen molar-refractivity contribution in [1.29, 1.82) is 0 Å². The molecule has 112 valence electrons. The lowest BCUT2D eigenvalue weighted by Crippen LogP contribution is -2.44. The highest BCUT2D eigenvalue weighted by Crippen LogP contribution is 2.06. The molecule has 0 aliphatic carbocycles. The third-order valence-corrected chi connectivity index (χ3v) is 5.19. The molecule has 19 heavy (non-hydrogen) atoms. The lowest BCUT2D eigenvalue weighted by atomic mass is 10.1. The predicted octanol–water partition coefficient (Wildman–Crippen LogP) is 2.04. The van der Waals surface area contributed by atoms with Gasteiger partial charge in [0.25, 0.3) is 0 Å². The Hall–Kier alpha value is -0.710. The number of carbonyl (C=O) groups excluding carboxylic acids is 1. The topological polar surface area (TPSA) is 66.4 Å². The summed E-state index contributed by atoms with van der Waals surface area (Å²) in [5.74, 6) is 0.824. The first-order valence-corrected chi connectivity index (χ1v) is 9.01. The first-order chi connectivity index (χ1) is 8.92. The number of carbonyl (C=O) groups is 2. The van der Waals surface area contributed by atoms with E-state index < -0.39 is 12.0 Å². The Bertz CT molecular complexity index is 284. The van der Waals surface area contributed by atoms with Gasteiger partial charge in [-0.2, -0.15) is 0 Å². The number of carboxylic acids is 1. The highest BCUT2D eigenvalue weighted by atomic mass is 32.2. The number of aliphatic carboxylic acids is 1. The first kappa shape index (κ1) is 18.3. The number of hydrogen-bond acceptors (Lipinski definition) is 2. The molecule has 0 aromatic rings. The van der Waals surface area contributed by atoms with Crippen molar-refractivity contribution < 1.29 is 14.7 Å². The summed E-state index contributed by atoms with van der Waals surface area (Å²) in [7, 11) is 0.251. The van der Waals surface area contributed by atoms with Crippen LogP contribution < -0.4 is 5.32 Å². The van der Waals surface area contributed by atoms with E-state index in [0.29, 0.717) is 6.42 Å². The molecule has 4 nitrogen and oxygen atoms in total. The quantitative estimate of drug-likeness (QED) is 0.605. The molecule has 1 amide bonds. The second-order valence-electron chi connectivity index (χ2n) is 5.04. The third kappa shape index (κ3) is 8.14. The fraction of sp³-hybridized carbons (Fsp3) is 0.857. The van der Waals surface area contributed by atoms with Gasteiger partial charge in [0.1, 0.15) is 17.5 Å². The molecule has 2 N–H and O–H groups in total. The Morgan fingerprint density at radius 3 is 2.37 bits per heavy atom. The third-order valence-electron chi connectivity index (χ3n) is 3.28. The van der Waals surface area contributed by atoms with Gasteiger partial charge in [0.15, 0.2) is 0 Å². The summed E-state index contributed by atoms with van der Waals surface area (Å²) in [6, 6.07) is -0.738. The number of hydrogen-bond donors (Lipinski definition) is 2. The molecule has 0 heterocycles. The van der Waals surface area contributed by atoms with E-state index in [4.69, 9.17) is 5.11 Å². The van der Waals surface area contributed by atoms with Gasteiger partial charge in [-0.1, -0.05) is 27.2 Å². The van der Waals surface area contributed by atoms with E-state index >= 15 is 0 Å². The summed E-state index contributed by atoms with van der Waals surface area (Å²) in [6.45, 7) is 5.90. The molecule has 0 aromatic heterocycles. The van der Waals surface area contributed by atoms with E-state index in [2.05, 4.69) is 18.5 Å². The highest BCUT2D eigenvalue weighted by Gasteiger charge is 2.24. The number of unbranched alkanes of at least 4 members (excludes halogenated alkanes) is 1. The van der Waals surface area contributed by atoms with Gasteiger partial charge < -0.3 is 10.4 Å². The minimum absolute atomic E-state index is 0.123. The maximum atomic E-state index is 11.7. The van der Waals surface area contributed by atoms with Crippen molar-refractivity contribution in [2.24, 2.45) is 5.92 Å². The van der Waals surface area contributed by atoms with Crippen LogP contribution in [0.25, 0.3) is 0 Å². The van der Waals surface area contributed by atoms with E-state index in [9.17, 15) is 9.59 Å². The predicted molar refractivity (Wildman–Crippen MR) is 81.6 cm³/mol. The fourth-order valence-electron chi connectivity index (χ4n) is 1.57. The van der Waals surface area contributed by atoms with Crippen molar-refractivity contribution in [3.63, 3.8) is 0 Å². The van der Waals surface area contributed by atoms with Crippen LogP contribution in [0.5, 0.6) is 0 Å². The molecule has 0 rings (SSSR count). The molecule has 5 heteroatoms. The summed E-state index contributed by atoms with van der Waals surface area (Å²) in [5.41, 5.74) is 0. The first-order valence-electron chi connectivity index (χ1n) is 7.04. The lowest BCUT2D eigenvalue weighted by molar-refractivity contribution is -0.142. The van der Waals surface area contributed by atoms with E-state index in [1.54, 1.807) is 0 Å². The molecule has 0 saturated carbocycles. The number of nitrogens with one attached hydrogen (secondary N) is 1. The monoisotopic (exact) mass is 290 g/mol. The van der Waals surface area contributed by atoms with Gasteiger partial charge in [-0.15, -0.1) is 0 Å². The Morgan fingerprint density at radius 2 is 1.89 bits per heavy atom. The van der Waals surface area contributed by atoms with E-state index in [1.807, 2.05) is 13.8 Å². The molecular weight excluding hydrogens is 262 g/mol. The molecule has 0 fully saturated rings. The minimum Gasteiger partial charge on any atom is -0.480 e. The van der Waals surface area contributed by atoms with Gasteiger partial charge in [0.2, 0.25) is 5.91 Å². The number of rotatable bonds is 10. The summed E-state index contributed by atoms with van der Waals surface area (Å²) < 4.78 is 0. The highest BCUT2D eigenvalue weighted by molar-refractivity contribution is 7.96. The molecule has 0 radical (unpaired) electrons. The van der Waals surface area contributed by atoms with Crippen LogP contribution in [0.2, 0.25) is 0 Å². The molecule has 0 bridgehead atoms. The van der Waals surface area contributed by atoms with Gasteiger partial charge in [-0.25, -0.2) is 4.79 Å². The van der Waals surface area contributed by atoms with Gasteiger partial charge in [0.05, 0.1) is 6.26 Å². The van der Waals surface area contributed by atoms with Crippen LogP contribution in [0.4, 0.5) is 0 Å². The van der Waals surface area contributed by atoms with Gasteiger partial charge >= 0.3 is 5.97 Å². The zero-order valence-corrected chi connectivity index (χ0v) is 13.4. The number of carboxylic acid groups (broad SMARTS) is 1. The van der Waals surface area contributed by atoms with Crippen LogP contribution in [0, 0.1) is 5.92 Å². The summed E-state index contributed by atoms with van der Waals surface area (Å²) in [5, 5.41) is 11.8. The average molecular weight is 290 g/mol. The van der Waals surface area contributed by atoms with Gasteiger partial charge in [0, 0.05) is 12.3 Å². The minimum atomic E-state index is -0.927. The Morgan fingerprint density at radius 1 is 1.26 bits per heavy atom. The average Bonchev–Trinajstić information content (AvgIpc) is 2.39. The maximum absolute atomic E-state index is 11.7. The zero-order valence-electron chi connectivity index (χ0n) is 12.6. The van der Waals surface area contributed by atoms with Crippen LogP contribution in [0.15, 0.2) is 0 Å². The molecule has 0 aromatic carbocycles. The molecule has 0 spiro atoms. The van der Waals surface area contributed by atoms with Crippen molar-refractivity contribution >= 4 is 22.8 Å². The fourth-order valence-corrected chi connectivity index (χ4v) is 3.19. The van der Waals surface area contributed by atoms with Crippen LogP contribution in [0.1, 0.15) is 46.5 Å². The molecule has 0 saturated heterocycles. The summed E-state index contributed by atoms with van der Waals surface area (Å²) in [6.07, 6.45) is 5.79. The molecule has 0 aliphatic heterocycles. The van der Waals surface area contributed by atoms with Crippen molar-refractivity contribution in [3.8, 4) is 0 Å². The molecule has 3 atom stereocenters. The van der Waals surface area contributed by atoms with Crippen LogP contribution >= 0.6 is 0 Å². The molecule has 2 unspecified atom stereocenters. The van der Waals surface area contributed by atoms with E-state index in [-0.39, 0.29) is 22.7 Å². The second-order valence-corrected chi connectivity index (χ2v) is 7.42. The molecule has 0 aliphatic rings. The normalized spacial score (nSPS) is 15.6. The van der Waals surface area contributed by atoms with Crippen LogP contribution in [0.3, 0.4) is 0 Å². The lowest BCUT2D eigenvalue weighted by Gasteiger charge is -2.16. The Balaban J connectivity index is 4.20.